The van der Waals surface area contributed by atoms with Gasteiger partial charge in [0.05, 0.1) is 4.90 Å². The van der Waals surface area contributed by atoms with Crippen LogP contribution < -0.4 is 5.32 Å². The van der Waals surface area contributed by atoms with Crippen LogP contribution in [0.4, 0.5) is 5.69 Å². The highest BCUT2D eigenvalue weighted by Gasteiger charge is 2.33. The summed E-state index contributed by atoms with van der Waals surface area (Å²) in [6.07, 6.45) is 2.46. The summed E-state index contributed by atoms with van der Waals surface area (Å²) < 4.78 is 27.4. The number of nitrogens with zero attached hydrogens (tertiary/aromatic N) is 2. The van der Waals surface area contributed by atoms with E-state index in [4.69, 9.17) is 12.2 Å². The largest absolute Gasteiger partial charge is 0.342 e. The number of anilines is 1. The van der Waals surface area contributed by atoms with E-state index in [-0.39, 0.29) is 4.90 Å². The minimum absolute atomic E-state index is 0.289. The van der Waals surface area contributed by atoms with Gasteiger partial charge in [-0.3, -0.25) is 0 Å². The van der Waals surface area contributed by atoms with Gasteiger partial charge in [0.1, 0.15) is 0 Å². The monoisotopic (exact) mass is 459 g/mol. The normalized spacial score (nSPS) is 15.0. The van der Waals surface area contributed by atoms with Crippen LogP contribution in [0.1, 0.15) is 44.7 Å². The Morgan fingerprint density at radius 2 is 1.77 bits per heavy atom. The zero-order valence-corrected chi connectivity index (χ0v) is 20.5. The smallest absolute Gasteiger partial charge is 0.243 e. The van der Waals surface area contributed by atoms with Gasteiger partial charge in [0.15, 0.2) is 5.11 Å². The van der Waals surface area contributed by atoms with Crippen molar-refractivity contribution in [3.8, 4) is 0 Å². The molecule has 0 radical (unpaired) electrons. The molecular weight excluding hydrogens is 426 g/mol. The fraction of sp³-hybridized carbons (Fsp3) is 0.458. The molecule has 1 fully saturated rings. The van der Waals surface area contributed by atoms with Gasteiger partial charge in [-0.2, -0.15) is 4.31 Å². The Kier molecular flexibility index (Phi) is 7.73. The number of hydrogen-bond acceptors (Lipinski definition) is 3. The van der Waals surface area contributed by atoms with Crippen LogP contribution in [0.25, 0.3) is 0 Å². The number of hydrogen-bond donors (Lipinski definition) is 1. The van der Waals surface area contributed by atoms with Crippen LogP contribution in [0.5, 0.6) is 0 Å². The molecule has 0 heterocycles. The maximum atomic E-state index is 13.0. The molecule has 0 saturated heterocycles. The van der Waals surface area contributed by atoms with Crippen molar-refractivity contribution in [2.45, 2.75) is 58.0 Å². The molecule has 2 aromatic carbocycles. The molecule has 2 aromatic rings. The summed E-state index contributed by atoms with van der Waals surface area (Å²) in [6, 6.07) is 15.9. The van der Waals surface area contributed by atoms with Gasteiger partial charge in [0, 0.05) is 31.4 Å². The molecule has 1 aliphatic rings. The Morgan fingerprint density at radius 1 is 1.13 bits per heavy atom. The molecule has 0 spiro atoms. The standard InChI is InChI=1S/C24H33N3O2S2/c1-5-26(6-2)31(28,29)22-15-12-18(3)23(16-22)25-24(30)27(19(4)21-13-14-21)17-20-10-8-7-9-11-20/h7-12,15-16,19,21H,5-6,13-14,17H2,1-4H3,(H,25,30). The minimum atomic E-state index is -3.53. The van der Waals surface area contributed by atoms with Crippen LogP contribution in [-0.2, 0) is 16.6 Å². The fourth-order valence-corrected chi connectivity index (χ4v) is 5.64. The van der Waals surface area contributed by atoms with Crippen LogP contribution in [0.2, 0.25) is 0 Å². The van der Waals surface area contributed by atoms with E-state index in [1.165, 1.54) is 22.7 Å². The van der Waals surface area contributed by atoms with Gasteiger partial charge in [0.25, 0.3) is 0 Å². The Hall–Kier alpha value is -1.96. The highest BCUT2D eigenvalue weighted by atomic mass is 32.2. The second-order valence-electron chi connectivity index (χ2n) is 8.19. The highest BCUT2D eigenvalue weighted by Crippen LogP contribution is 2.36. The molecule has 168 valence electrons. The predicted octanol–water partition coefficient (Wildman–Crippen LogP) is 5.02. The van der Waals surface area contributed by atoms with E-state index in [9.17, 15) is 8.42 Å². The summed E-state index contributed by atoms with van der Waals surface area (Å²) in [6.45, 7) is 9.50. The molecule has 31 heavy (non-hydrogen) atoms. The number of sulfonamides is 1. The third-order valence-electron chi connectivity index (χ3n) is 6.05. The molecule has 0 amide bonds. The van der Waals surface area contributed by atoms with Gasteiger partial charge in [-0.1, -0.05) is 50.2 Å². The third kappa shape index (κ3) is 5.64. The lowest BCUT2D eigenvalue weighted by Gasteiger charge is -2.32. The summed E-state index contributed by atoms with van der Waals surface area (Å²) in [4.78, 5) is 2.52. The summed E-state index contributed by atoms with van der Waals surface area (Å²) in [5.74, 6) is 0.652. The molecule has 3 rings (SSSR count). The summed E-state index contributed by atoms with van der Waals surface area (Å²) in [5.41, 5.74) is 2.90. The van der Waals surface area contributed by atoms with Crippen molar-refractivity contribution in [3.63, 3.8) is 0 Å². The molecule has 1 N–H and O–H groups in total. The van der Waals surface area contributed by atoms with E-state index in [0.717, 1.165) is 17.8 Å². The zero-order valence-electron chi connectivity index (χ0n) is 18.8. The Labute approximate surface area is 192 Å². The van der Waals surface area contributed by atoms with Crippen molar-refractivity contribution in [2.75, 3.05) is 18.4 Å². The SMILES string of the molecule is CCN(CC)S(=O)(=O)c1ccc(C)c(NC(=S)N(Cc2ccccc2)C(C)C2CC2)c1. The molecule has 1 aliphatic carbocycles. The van der Waals surface area contributed by atoms with Crippen LogP contribution in [0.15, 0.2) is 53.4 Å². The Balaban J connectivity index is 1.86. The van der Waals surface area contributed by atoms with Gasteiger partial charge in [0.2, 0.25) is 10.0 Å². The second kappa shape index (κ2) is 10.1. The highest BCUT2D eigenvalue weighted by molar-refractivity contribution is 7.89. The fourth-order valence-electron chi connectivity index (χ4n) is 3.81. The van der Waals surface area contributed by atoms with Crippen molar-refractivity contribution >= 4 is 33.0 Å². The maximum absolute atomic E-state index is 13.0. The molecule has 5 nitrogen and oxygen atoms in total. The quantitative estimate of drug-likeness (QED) is 0.534. The molecule has 1 atom stereocenters. The molecule has 1 saturated carbocycles. The first-order valence-corrected chi connectivity index (χ1v) is 12.8. The second-order valence-corrected chi connectivity index (χ2v) is 10.5. The van der Waals surface area contributed by atoms with Gasteiger partial charge in [-0.05, 0) is 68.1 Å². The van der Waals surface area contributed by atoms with Gasteiger partial charge in [-0.15, -0.1) is 0 Å². The van der Waals surface area contributed by atoms with Crippen LogP contribution >= 0.6 is 12.2 Å². The number of nitrogens with one attached hydrogen (secondary N) is 1. The lowest BCUT2D eigenvalue weighted by Crippen LogP contribution is -2.42. The minimum Gasteiger partial charge on any atom is -0.342 e. The number of aryl methyl sites for hydroxylation is 1. The van der Waals surface area contributed by atoms with Gasteiger partial charge >= 0.3 is 0 Å². The van der Waals surface area contributed by atoms with Crippen molar-refractivity contribution in [3.05, 3.63) is 59.7 Å². The zero-order chi connectivity index (χ0) is 22.6. The van der Waals surface area contributed by atoms with E-state index in [1.54, 1.807) is 12.1 Å². The van der Waals surface area contributed by atoms with E-state index in [0.29, 0.717) is 30.2 Å². The van der Waals surface area contributed by atoms with E-state index < -0.39 is 10.0 Å². The summed E-state index contributed by atoms with van der Waals surface area (Å²) >= 11 is 5.83. The average molecular weight is 460 g/mol. The first kappa shape index (κ1) is 23.7. The molecule has 1 unspecified atom stereocenters. The number of benzene rings is 2. The van der Waals surface area contributed by atoms with Crippen molar-refractivity contribution in [1.82, 2.24) is 9.21 Å². The molecular formula is C24H33N3O2S2. The van der Waals surface area contributed by atoms with Crippen LogP contribution in [-0.4, -0.2) is 41.9 Å². The molecule has 0 aliphatic heterocycles. The van der Waals surface area contributed by atoms with E-state index in [2.05, 4.69) is 29.3 Å². The number of thiocarbonyl (C=S) groups is 1. The van der Waals surface area contributed by atoms with Crippen molar-refractivity contribution < 1.29 is 8.42 Å². The van der Waals surface area contributed by atoms with Crippen LogP contribution in [0, 0.1) is 12.8 Å². The van der Waals surface area contributed by atoms with Gasteiger partial charge < -0.3 is 10.2 Å². The van der Waals surface area contributed by atoms with Gasteiger partial charge in [-0.25, -0.2) is 8.42 Å². The van der Waals surface area contributed by atoms with E-state index >= 15 is 0 Å². The van der Waals surface area contributed by atoms with Crippen molar-refractivity contribution in [2.24, 2.45) is 5.92 Å². The van der Waals surface area contributed by atoms with Crippen LogP contribution in [0.3, 0.4) is 0 Å². The Morgan fingerprint density at radius 3 is 2.35 bits per heavy atom. The predicted molar refractivity (Wildman–Crippen MR) is 132 cm³/mol. The summed E-state index contributed by atoms with van der Waals surface area (Å²) in [5, 5.41) is 3.98. The van der Waals surface area contributed by atoms with Crippen molar-refractivity contribution in [1.29, 1.82) is 0 Å². The lowest BCUT2D eigenvalue weighted by atomic mass is 10.1. The lowest BCUT2D eigenvalue weighted by molar-refractivity contribution is 0.298. The third-order valence-corrected chi connectivity index (χ3v) is 8.43. The topological polar surface area (TPSA) is 52.7 Å². The summed E-state index contributed by atoms with van der Waals surface area (Å²) in [7, 11) is -3.53. The molecule has 0 aromatic heterocycles. The molecule has 7 heteroatoms. The molecule has 0 bridgehead atoms. The maximum Gasteiger partial charge on any atom is 0.243 e. The number of rotatable bonds is 9. The average Bonchev–Trinajstić information content (AvgIpc) is 3.60. The Bertz CT molecular complexity index is 1000. The van der Waals surface area contributed by atoms with E-state index in [1.807, 2.05) is 45.0 Å². The first-order chi connectivity index (χ1) is 14.8. The first-order valence-electron chi connectivity index (χ1n) is 11.0.